The van der Waals surface area contributed by atoms with Gasteiger partial charge in [-0.2, -0.15) is 0 Å². The first-order valence-electron chi connectivity index (χ1n) is 9.30. The Kier molecular flexibility index (Phi) is 5.23. The second-order valence-electron chi connectivity index (χ2n) is 7.07. The Morgan fingerprint density at radius 1 is 1.39 bits per heavy atom. The number of pyridine rings is 1. The highest BCUT2D eigenvalue weighted by Gasteiger charge is 2.28. The van der Waals surface area contributed by atoms with Gasteiger partial charge < -0.3 is 14.5 Å². The Labute approximate surface area is 167 Å². The highest BCUT2D eigenvalue weighted by Crippen LogP contribution is 2.32. The second-order valence-corrected chi connectivity index (χ2v) is 7.78. The predicted molar refractivity (Wildman–Crippen MR) is 105 cm³/mol. The van der Waals surface area contributed by atoms with Crippen LogP contribution in [0.15, 0.2) is 27.5 Å². The number of carbonyl (C=O) groups excluding carboxylic acids is 1. The predicted octanol–water partition coefficient (Wildman–Crippen LogP) is 3.32. The largest absolute Gasteiger partial charge is 0.392 e. The highest BCUT2D eigenvalue weighted by molar-refractivity contribution is 7.07. The highest BCUT2D eigenvalue weighted by atomic mass is 32.1. The fourth-order valence-electron chi connectivity index (χ4n) is 3.78. The normalized spacial score (nSPS) is 17.1. The minimum atomic E-state index is -0.105. The summed E-state index contributed by atoms with van der Waals surface area (Å²) in [6.07, 6.45) is 1.89. The Morgan fingerprint density at radius 2 is 2.25 bits per heavy atom. The molecule has 0 spiro atoms. The van der Waals surface area contributed by atoms with Gasteiger partial charge in [0.05, 0.1) is 29.1 Å². The van der Waals surface area contributed by atoms with Gasteiger partial charge in [0.2, 0.25) is 0 Å². The molecule has 146 valence electrons. The van der Waals surface area contributed by atoms with E-state index in [0.717, 1.165) is 41.9 Å². The fourth-order valence-corrected chi connectivity index (χ4v) is 4.30. The summed E-state index contributed by atoms with van der Waals surface area (Å²) in [6, 6.07) is 3.86. The quantitative estimate of drug-likeness (QED) is 0.725. The van der Waals surface area contributed by atoms with Gasteiger partial charge >= 0.3 is 0 Å². The van der Waals surface area contributed by atoms with Gasteiger partial charge in [-0.25, -0.2) is 4.98 Å². The van der Waals surface area contributed by atoms with Crippen molar-refractivity contribution in [2.45, 2.75) is 39.2 Å². The molecule has 1 amide bonds. The van der Waals surface area contributed by atoms with Gasteiger partial charge in [-0.05, 0) is 32.8 Å². The molecule has 4 heterocycles. The van der Waals surface area contributed by atoms with E-state index in [9.17, 15) is 9.90 Å². The average molecular weight is 398 g/mol. The molecule has 0 radical (unpaired) electrons. The van der Waals surface area contributed by atoms with E-state index in [1.807, 2.05) is 30.9 Å². The van der Waals surface area contributed by atoms with Crippen LogP contribution in [0, 0.1) is 13.8 Å². The maximum absolute atomic E-state index is 12.7. The van der Waals surface area contributed by atoms with Crippen molar-refractivity contribution >= 4 is 17.2 Å². The lowest BCUT2D eigenvalue weighted by atomic mass is 9.92. The molecule has 1 unspecified atom stereocenters. The molecule has 1 atom stereocenters. The van der Waals surface area contributed by atoms with Gasteiger partial charge in [0.15, 0.2) is 0 Å². The van der Waals surface area contributed by atoms with Crippen LogP contribution >= 0.6 is 11.3 Å². The van der Waals surface area contributed by atoms with Crippen molar-refractivity contribution in [1.29, 1.82) is 0 Å². The summed E-state index contributed by atoms with van der Waals surface area (Å²) in [5.41, 5.74) is 6.13. The minimum absolute atomic E-state index is 0.0242. The first-order valence-corrected chi connectivity index (χ1v) is 10.2. The van der Waals surface area contributed by atoms with Gasteiger partial charge in [0, 0.05) is 35.6 Å². The zero-order valence-corrected chi connectivity index (χ0v) is 16.7. The number of carbonyl (C=O) groups is 1. The van der Waals surface area contributed by atoms with Gasteiger partial charge in [-0.15, -0.1) is 11.3 Å². The lowest BCUT2D eigenvalue weighted by Gasteiger charge is -2.32. The van der Waals surface area contributed by atoms with Gasteiger partial charge in [0.25, 0.3) is 5.91 Å². The summed E-state index contributed by atoms with van der Waals surface area (Å²) < 4.78 is 5.29. The number of likely N-dealkylation sites (tertiary alicyclic amines) is 1. The first-order chi connectivity index (χ1) is 13.6. The minimum Gasteiger partial charge on any atom is -0.392 e. The Morgan fingerprint density at radius 3 is 2.93 bits per heavy atom. The first kappa shape index (κ1) is 18.8. The molecule has 1 aliphatic rings. The van der Waals surface area contributed by atoms with Crippen molar-refractivity contribution in [3.8, 4) is 11.3 Å². The third-order valence-corrected chi connectivity index (χ3v) is 5.81. The number of hydrogen-bond donors (Lipinski definition) is 1. The Bertz CT molecular complexity index is 964. The van der Waals surface area contributed by atoms with Crippen molar-refractivity contribution in [2.75, 3.05) is 13.1 Å². The molecule has 0 aromatic carbocycles. The molecule has 4 rings (SSSR count). The number of aliphatic hydroxyl groups is 1. The molecule has 7 nitrogen and oxygen atoms in total. The van der Waals surface area contributed by atoms with Gasteiger partial charge in [-0.3, -0.25) is 9.78 Å². The van der Waals surface area contributed by atoms with E-state index in [4.69, 9.17) is 9.51 Å². The molecule has 1 fully saturated rings. The van der Waals surface area contributed by atoms with E-state index in [1.165, 1.54) is 11.3 Å². The zero-order valence-electron chi connectivity index (χ0n) is 15.9. The number of aromatic nitrogens is 3. The van der Waals surface area contributed by atoms with Crippen LogP contribution in [0.4, 0.5) is 0 Å². The number of aryl methyl sites for hydroxylation is 2. The maximum atomic E-state index is 12.7. The number of rotatable bonds is 4. The molecule has 0 bridgehead atoms. The molecule has 3 aromatic rings. The SMILES string of the molecule is Cc1noc(C)c1-c1nc(C2CCCN(C(=O)c3cscn3)C2)ccc1CO. The Hall–Kier alpha value is -2.58. The number of aliphatic hydroxyl groups excluding tert-OH is 1. The van der Waals surface area contributed by atoms with Crippen molar-refractivity contribution in [1.82, 2.24) is 20.0 Å². The summed E-state index contributed by atoms with van der Waals surface area (Å²) in [4.78, 5) is 23.6. The molecule has 28 heavy (non-hydrogen) atoms. The molecule has 0 aliphatic carbocycles. The third-order valence-electron chi connectivity index (χ3n) is 5.22. The van der Waals surface area contributed by atoms with Crippen LogP contribution < -0.4 is 0 Å². The third kappa shape index (κ3) is 3.45. The van der Waals surface area contributed by atoms with Gasteiger partial charge in [-0.1, -0.05) is 11.2 Å². The van der Waals surface area contributed by atoms with E-state index in [2.05, 4.69) is 10.1 Å². The number of piperidine rings is 1. The van der Waals surface area contributed by atoms with Gasteiger partial charge in [0.1, 0.15) is 11.5 Å². The molecule has 1 aliphatic heterocycles. The van der Waals surface area contributed by atoms with E-state index in [-0.39, 0.29) is 18.4 Å². The van der Waals surface area contributed by atoms with Crippen LogP contribution in [0.1, 0.15) is 52.0 Å². The summed E-state index contributed by atoms with van der Waals surface area (Å²) >= 11 is 1.43. The maximum Gasteiger partial charge on any atom is 0.273 e. The molecule has 1 N–H and O–H groups in total. The molecule has 3 aromatic heterocycles. The number of thiazole rings is 1. The standard InChI is InChI=1S/C20H22N4O3S/c1-12-18(13(2)27-23-12)19-15(9-25)5-6-16(22-19)14-4-3-7-24(8-14)20(26)17-10-28-11-21-17/h5-6,10-11,14,25H,3-4,7-9H2,1-2H3. The van der Waals surface area contributed by atoms with Crippen LogP contribution in [-0.4, -0.2) is 44.1 Å². The Balaban J connectivity index is 1.64. The summed E-state index contributed by atoms with van der Waals surface area (Å²) in [5.74, 6) is 0.799. The van der Waals surface area contributed by atoms with Crippen LogP contribution in [0.2, 0.25) is 0 Å². The van der Waals surface area contributed by atoms with Crippen LogP contribution in [-0.2, 0) is 6.61 Å². The van der Waals surface area contributed by atoms with Crippen LogP contribution in [0.5, 0.6) is 0 Å². The molecular formula is C20H22N4O3S. The van der Waals surface area contributed by atoms with E-state index in [0.29, 0.717) is 23.7 Å². The average Bonchev–Trinajstić information content (AvgIpc) is 3.37. The lowest BCUT2D eigenvalue weighted by molar-refractivity contribution is 0.0701. The summed E-state index contributed by atoms with van der Waals surface area (Å²) in [5, 5.41) is 15.6. The second kappa shape index (κ2) is 7.81. The van der Waals surface area contributed by atoms with E-state index < -0.39 is 0 Å². The number of hydrogen-bond acceptors (Lipinski definition) is 7. The molecule has 8 heteroatoms. The van der Waals surface area contributed by atoms with Crippen molar-refractivity contribution in [3.63, 3.8) is 0 Å². The van der Waals surface area contributed by atoms with Crippen molar-refractivity contribution < 1.29 is 14.4 Å². The number of nitrogens with zero attached hydrogens (tertiary/aromatic N) is 4. The van der Waals surface area contributed by atoms with Crippen molar-refractivity contribution in [3.05, 3.63) is 51.4 Å². The molecule has 0 saturated carbocycles. The summed E-state index contributed by atoms with van der Waals surface area (Å²) in [6.45, 7) is 4.96. The zero-order chi connectivity index (χ0) is 19.7. The number of amides is 1. The monoisotopic (exact) mass is 398 g/mol. The smallest absolute Gasteiger partial charge is 0.273 e. The van der Waals surface area contributed by atoms with Crippen molar-refractivity contribution in [2.24, 2.45) is 0 Å². The van der Waals surface area contributed by atoms with E-state index >= 15 is 0 Å². The fraction of sp³-hybridized carbons (Fsp3) is 0.400. The molecule has 1 saturated heterocycles. The summed E-state index contributed by atoms with van der Waals surface area (Å²) in [7, 11) is 0. The van der Waals surface area contributed by atoms with E-state index in [1.54, 1.807) is 10.9 Å². The van der Waals surface area contributed by atoms with Crippen LogP contribution in [0.3, 0.4) is 0 Å². The lowest BCUT2D eigenvalue weighted by Crippen LogP contribution is -2.39. The van der Waals surface area contributed by atoms with Crippen LogP contribution in [0.25, 0.3) is 11.3 Å². The molecular weight excluding hydrogens is 376 g/mol. The topological polar surface area (TPSA) is 92.4 Å².